The fraction of sp³-hybridized carbons (Fsp3) is 0.273. The highest BCUT2D eigenvalue weighted by atomic mass is 16.5. The molecule has 0 saturated heterocycles. The lowest BCUT2D eigenvalue weighted by atomic mass is 9.88. The molecule has 0 spiro atoms. The van der Waals surface area contributed by atoms with Crippen LogP contribution < -0.4 is 15.4 Å². The summed E-state index contributed by atoms with van der Waals surface area (Å²) in [5.41, 5.74) is 4.98. The summed E-state index contributed by atoms with van der Waals surface area (Å²) in [6, 6.07) is 39.7. The summed E-state index contributed by atoms with van der Waals surface area (Å²) < 4.78 is 5.33. The standard InChI is InChI=1S/C33H38N2O2/c1-37-30-19-11-14-27(22-30)24-34-25-33(36)32(23-26-12-5-2-6-13-26)35-21-20-31(28-15-7-3-8-16-28)29-17-9-4-10-18-29/h2-19,22,31-36H,20-21,23-25H2,1H3/t32-,33+/m0/s1. The van der Waals surface area contributed by atoms with Gasteiger partial charge in [0.2, 0.25) is 0 Å². The molecule has 0 bridgehead atoms. The van der Waals surface area contributed by atoms with Gasteiger partial charge in [0, 0.05) is 25.0 Å². The largest absolute Gasteiger partial charge is 0.497 e. The van der Waals surface area contributed by atoms with Crippen molar-refractivity contribution in [2.75, 3.05) is 20.2 Å². The lowest BCUT2D eigenvalue weighted by Crippen LogP contribution is -2.46. The molecular weight excluding hydrogens is 456 g/mol. The monoisotopic (exact) mass is 494 g/mol. The second kappa shape index (κ2) is 14.3. The Hall–Kier alpha value is -3.44. The van der Waals surface area contributed by atoms with E-state index >= 15 is 0 Å². The fourth-order valence-corrected chi connectivity index (χ4v) is 4.81. The second-order valence-electron chi connectivity index (χ2n) is 9.46. The quantitative estimate of drug-likeness (QED) is 0.215. The molecule has 0 amide bonds. The van der Waals surface area contributed by atoms with Gasteiger partial charge in [0.25, 0.3) is 0 Å². The van der Waals surface area contributed by atoms with E-state index in [9.17, 15) is 5.11 Å². The van der Waals surface area contributed by atoms with E-state index in [-0.39, 0.29) is 6.04 Å². The normalized spacial score (nSPS) is 12.8. The highest BCUT2D eigenvalue weighted by Crippen LogP contribution is 2.27. The summed E-state index contributed by atoms with van der Waals surface area (Å²) in [7, 11) is 1.68. The minimum atomic E-state index is -0.530. The average Bonchev–Trinajstić information content (AvgIpc) is 2.96. The summed E-state index contributed by atoms with van der Waals surface area (Å²) in [6.45, 7) is 1.98. The predicted octanol–water partition coefficient (Wildman–Crippen LogP) is 5.57. The van der Waals surface area contributed by atoms with E-state index in [1.807, 2.05) is 24.3 Å². The first kappa shape index (κ1) is 26.6. The van der Waals surface area contributed by atoms with E-state index in [4.69, 9.17) is 4.74 Å². The van der Waals surface area contributed by atoms with Crippen molar-refractivity contribution in [1.82, 2.24) is 10.6 Å². The predicted molar refractivity (Wildman–Crippen MR) is 152 cm³/mol. The molecule has 4 heteroatoms. The highest BCUT2D eigenvalue weighted by molar-refractivity contribution is 5.32. The molecule has 0 unspecified atom stereocenters. The number of benzene rings is 4. The maximum absolute atomic E-state index is 11.2. The zero-order chi connectivity index (χ0) is 25.7. The van der Waals surface area contributed by atoms with Gasteiger partial charge in [-0.2, -0.15) is 0 Å². The SMILES string of the molecule is COc1cccc(CNC[C@@H](O)[C@H](Cc2ccccc2)NCCC(c2ccccc2)c2ccccc2)c1. The zero-order valence-electron chi connectivity index (χ0n) is 21.6. The van der Waals surface area contributed by atoms with Crippen molar-refractivity contribution < 1.29 is 9.84 Å². The minimum absolute atomic E-state index is 0.0626. The summed E-state index contributed by atoms with van der Waals surface area (Å²) in [6.07, 6.45) is 1.19. The molecule has 0 saturated carbocycles. The first-order chi connectivity index (χ1) is 18.2. The smallest absolute Gasteiger partial charge is 0.119 e. The number of nitrogens with one attached hydrogen (secondary N) is 2. The van der Waals surface area contributed by atoms with Crippen molar-refractivity contribution in [3.63, 3.8) is 0 Å². The third-order valence-corrected chi connectivity index (χ3v) is 6.82. The summed E-state index contributed by atoms with van der Waals surface area (Å²) in [5.74, 6) is 1.14. The molecule has 4 nitrogen and oxygen atoms in total. The number of methoxy groups -OCH3 is 1. The van der Waals surface area contributed by atoms with Crippen LogP contribution in [0, 0.1) is 0 Å². The Morgan fingerprint density at radius 3 is 1.95 bits per heavy atom. The lowest BCUT2D eigenvalue weighted by Gasteiger charge is -2.26. The molecule has 2 atom stereocenters. The van der Waals surface area contributed by atoms with Crippen LogP contribution in [0.5, 0.6) is 5.75 Å². The van der Waals surface area contributed by atoms with Gasteiger partial charge in [-0.25, -0.2) is 0 Å². The van der Waals surface area contributed by atoms with Crippen LogP contribution in [0.3, 0.4) is 0 Å². The Labute approximate surface area is 221 Å². The van der Waals surface area contributed by atoms with Crippen molar-refractivity contribution in [1.29, 1.82) is 0 Å². The van der Waals surface area contributed by atoms with Crippen LogP contribution in [0.2, 0.25) is 0 Å². The molecule has 0 fully saturated rings. The minimum Gasteiger partial charge on any atom is -0.497 e. The Morgan fingerprint density at radius 2 is 1.32 bits per heavy atom. The molecule has 0 radical (unpaired) electrons. The van der Waals surface area contributed by atoms with Gasteiger partial charge in [-0.1, -0.05) is 103 Å². The van der Waals surface area contributed by atoms with E-state index in [0.717, 1.165) is 30.7 Å². The van der Waals surface area contributed by atoms with Crippen molar-refractivity contribution in [3.05, 3.63) is 138 Å². The first-order valence-corrected chi connectivity index (χ1v) is 13.1. The number of aliphatic hydroxyl groups excluding tert-OH is 1. The molecule has 3 N–H and O–H groups in total. The van der Waals surface area contributed by atoms with Crippen molar-refractivity contribution >= 4 is 0 Å². The van der Waals surface area contributed by atoms with Crippen LogP contribution in [0.15, 0.2) is 115 Å². The van der Waals surface area contributed by atoms with Gasteiger partial charge >= 0.3 is 0 Å². The van der Waals surface area contributed by atoms with Crippen molar-refractivity contribution in [2.45, 2.75) is 37.5 Å². The van der Waals surface area contributed by atoms with Crippen molar-refractivity contribution in [2.24, 2.45) is 0 Å². The molecule has 0 heterocycles. The van der Waals surface area contributed by atoms with Crippen LogP contribution in [0.1, 0.15) is 34.6 Å². The Balaban J connectivity index is 1.39. The molecule has 0 aromatic heterocycles. The van der Waals surface area contributed by atoms with Gasteiger partial charge in [-0.3, -0.25) is 0 Å². The van der Waals surface area contributed by atoms with Crippen LogP contribution >= 0.6 is 0 Å². The zero-order valence-corrected chi connectivity index (χ0v) is 21.6. The van der Waals surface area contributed by atoms with Crippen LogP contribution in [-0.4, -0.2) is 37.5 Å². The molecule has 4 rings (SSSR count). The van der Waals surface area contributed by atoms with E-state index in [1.165, 1.54) is 16.7 Å². The molecule has 0 aliphatic heterocycles. The van der Waals surface area contributed by atoms with Gasteiger partial charge < -0.3 is 20.5 Å². The first-order valence-electron chi connectivity index (χ1n) is 13.1. The molecule has 192 valence electrons. The molecule has 4 aromatic rings. The summed E-state index contributed by atoms with van der Waals surface area (Å²) >= 11 is 0. The highest BCUT2D eigenvalue weighted by Gasteiger charge is 2.21. The van der Waals surface area contributed by atoms with Gasteiger partial charge in [0.15, 0.2) is 0 Å². The van der Waals surface area contributed by atoms with Crippen molar-refractivity contribution in [3.8, 4) is 5.75 Å². The summed E-state index contributed by atoms with van der Waals surface area (Å²) in [5, 5.41) is 18.3. The van der Waals surface area contributed by atoms with Crippen LogP contribution in [0.25, 0.3) is 0 Å². The summed E-state index contributed by atoms with van der Waals surface area (Å²) in [4.78, 5) is 0. The maximum Gasteiger partial charge on any atom is 0.119 e. The van der Waals surface area contributed by atoms with Crippen LogP contribution in [-0.2, 0) is 13.0 Å². The number of aliphatic hydroxyl groups is 1. The van der Waals surface area contributed by atoms with Gasteiger partial charge in [-0.05, 0) is 53.8 Å². The molecule has 0 aliphatic carbocycles. The Bertz CT molecular complexity index is 1130. The van der Waals surface area contributed by atoms with Gasteiger partial charge in [0.1, 0.15) is 5.75 Å². The van der Waals surface area contributed by atoms with E-state index < -0.39 is 6.10 Å². The topological polar surface area (TPSA) is 53.5 Å². The third kappa shape index (κ3) is 8.29. The number of hydrogen-bond donors (Lipinski definition) is 3. The average molecular weight is 495 g/mol. The molecule has 4 aromatic carbocycles. The Kier molecular flexibility index (Phi) is 10.3. The molecule has 0 aliphatic rings. The van der Waals surface area contributed by atoms with Crippen LogP contribution in [0.4, 0.5) is 0 Å². The van der Waals surface area contributed by atoms with E-state index in [0.29, 0.717) is 19.0 Å². The van der Waals surface area contributed by atoms with Gasteiger partial charge in [-0.15, -0.1) is 0 Å². The Morgan fingerprint density at radius 1 is 0.730 bits per heavy atom. The van der Waals surface area contributed by atoms with Gasteiger partial charge in [0.05, 0.1) is 13.2 Å². The number of rotatable bonds is 14. The maximum atomic E-state index is 11.2. The third-order valence-electron chi connectivity index (χ3n) is 6.82. The lowest BCUT2D eigenvalue weighted by molar-refractivity contribution is 0.124. The van der Waals surface area contributed by atoms with E-state index in [2.05, 4.69) is 102 Å². The second-order valence-corrected chi connectivity index (χ2v) is 9.46. The number of ether oxygens (including phenoxy) is 1. The fourth-order valence-electron chi connectivity index (χ4n) is 4.81. The molecular formula is C33H38N2O2. The molecule has 37 heavy (non-hydrogen) atoms. The number of hydrogen-bond acceptors (Lipinski definition) is 4. The van der Waals surface area contributed by atoms with E-state index in [1.54, 1.807) is 7.11 Å².